The number of para-hydroxylation sites is 2. The highest BCUT2D eigenvalue weighted by Gasteiger charge is 2.26. The molecule has 8 nitrogen and oxygen atoms in total. The van der Waals surface area contributed by atoms with Gasteiger partial charge in [0, 0.05) is 51.6 Å². The Morgan fingerprint density at radius 1 is 1.25 bits per heavy atom. The summed E-state index contributed by atoms with van der Waals surface area (Å²) in [6.45, 7) is -0.108. The predicted molar refractivity (Wildman–Crippen MR) is 119 cm³/mol. The van der Waals surface area contributed by atoms with Crippen LogP contribution in [0.2, 0.25) is 0 Å². The first-order valence-electron chi connectivity index (χ1n) is 10.4. The Morgan fingerprint density at radius 2 is 2.09 bits per heavy atom. The Hall–Kier alpha value is -3.14. The lowest BCUT2D eigenvalue weighted by molar-refractivity contribution is -0.0495. The number of nitrogens with one attached hydrogen (secondary N) is 2. The Labute approximate surface area is 186 Å². The first-order valence-corrected chi connectivity index (χ1v) is 10.4. The van der Waals surface area contributed by atoms with Crippen molar-refractivity contribution in [1.82, 2.24) is 15.6 Å². The number of pyridine rings is 1. The molecule has 2 aromatic rings. The summed E-state index contributed by atoms with van der Waals surface area (Å²) in [5.41, 5.74) is 1.56. The van der Waals surface area contributed by atoms with Crippen LogP contribution in [0.25, 0.3) is 0 Å². The molecule has 3 rings (SSSR count). The summed E-state index contributed by atoms with van der Waals surface area (Å²) in [7, 11) is 3.32. The highest BCUT2D eigenvalue weighted by molar-refractivity contribution is 5.80. The Bertz CT molecular complexity index is 884. The van der Waals surface area contributed by atoms with Crippen LogP contribution < -0.4 is 25.0 Å². The van der Waals surface area contributed by atoms with E-state index in [0.717, 1.165) is 18.5 Å². The second-order valence-electron chi connectivity index (χ2n) is 7.16. The number of aliphatic imine (C=N–C) groups is 1. The van der Waals surface area contributed by atoms with Crippen LogP contribution in [-0.4, -0.2) is 64.1 Å². The number of alkyl halides is 2. The zero-order valence-corrected chi connectivity index (χ0v) is 18.3. The summed E-state index contributed by atoms with van der Waals surface area (Å²) in [5, 5.41) is 6.68. The third kappa shape index (κ3) is 6.68. The first kappa shape index (κ1) is 23.5. The van der Waals surface area contributed by atoms with Crippen molar-refractivity contribution in [2.45, 2.75) is 25.6 Å². The molecule has 0 saturated carbocycles. The third-order valence-corrected chi connectivity index (χ3v) is 5.00. The number of hydrogen-bond donors (Lipinski definition) is 2. The molecule has 1 atom stereocenters. The maximum absolute atomic E-state index is 12.7. The molecule has 0 radical (unpaired) electrons. The zero-order valence-electron chi connectivity index (χ0n) is 18.3. The number of halogens is 2. The molecule has 1 aliphatic heterocycles. The van der Waals surface area contributed by atoms with Crippen LogP contribution in [0.5, 0.6) is 11.6 Å². The van der Waals surface area contributed by atoms with Crippen molar-refractivity contribution in [2.75, 3.05) is 45.4 Å². The van der Waals surface area contributed by atoms with Gasteiger partial charge in [0.1, 0.15) is 12.4 Å². The van der Waals surface area contributed by atoms with Crippen LogP contribution in [0.4, 0.5) is 14.5 Å². The predicted octanol–water partition coefficient (Wildman–Crippen LogP) is 2.65. The van der Waals surface area contributed by atoms with E-state index >= 15 is 0 Å². The zero-order chi connectivity index (χ0) is 22.8. The lowest BCUT2D eigenvalue weighted by atomic mass is 10.2. The summed E-state index contributed by atoms with van der Waals surface area (Å²) < 4.78 is 40.8. The molecular formula is C22H29F2N5O3. The van der Waals surface area contributed by atoms with Gasteiger partial charge < -0.3 is 29.7 Å². The van der Waals surface area contributed by atoms with Crippen molar-refractivity contribution in [2.24, 2.45) is 4.99 Å². The molecule has 1 aliphatic rings. The van der Waals surface area contributed by atoms with E-state index < -0.39 is 6.61 Å². The Morgan fingerprint density at radius 3 is 2.88 bits per heavy atom. The van der Waals surface area contributed by atoms with E-state index in [0.29, 0.717) is 43.8 Å². The minimum absolute atomic E-state index is 0.104. The first-order chi connectivity index (χ1) is 15.6. The number of benzene rings is 1. The Balaban J connectivity index is 1.55. The molecule has 32 heavy (non-hydrogen) atoms. The van der Waals surface area contributed by atoms with Crippen LogP contribution in [0, 0.1) is 0 Å². The van der Waals surface area contributed by atoms with E-state index in [1.54, 1.807) is 38.6 Å². The highest BCUT2D eigenvalue weighted by atomic mass is 19.3. The average Bonchev–Trinajstić information content (AvgIpc) is 3.26. The normalized spacial score (nSPS) is 16.3. The van der Waals surface area contributed by atoms with Gasteiger partial charge in [-0.05, 0) is 24.6 Å². The number of aromatic nitrogens is 1. The minimum Gasteiger partial charge on any atom is -0.475 e. The van der Waals surface area contributed by atoms with E-state index in [2.05, 4.69) is 25.3 Å². The highest BCUT2D eigenvalue weighted by Crippen LogP contribution is 2.31. The molecular weight excluding hydrogens is 420 g/mol. The number of hydrogen-bond acceptors (Lipinski definition) is 6. The fourth-order valence-electron chi connectivity index (χ4n) is 3.49. The van der Waals surface area contributed by atoms with Gasteiger partial charge >= 0.3 is 6.61 Å². The fraction of sp³-hybridized carbons (Fsp3) is 0.455. The number of ether oxygens (including phenoxy) is 3. The number of guanidine groups is 1. The smallest absolute Gasteiger partial charge is 0.387 e. The third-order valence-electron chi connectivity index (χ3n) is 5.00. The summed E-state index contributed by atoms with van der Waals surface area (Å²) >= 11 is 0. The molecule has 0 amide bonds. The number of rotatable bonds is 10. The lowest BCUT2D eigenvalue weighted by Gasteiger charge is -2.22. The van der Waals surface area contributed by atoms with Crippen molar-refractivity contribution in [3.63, 3.8) is 0 Å². The average molecular weight is 450 g/mol. The molecule has 1 fully saturated rings. The SMILES string of the molecule is CN=C(NCc1cccnc1OCCOC)NC1CCN(c2ccccc2OC(F)F)C1. The van der Waals surface area contributed by atoms with Gasteiger partial charge in [0.05, 0.1) is 12.3 Å². The second kappa shape index (κ2) is 12.0. The number of methoxy groups -OCH3 is 1. The van der Waals surface area contributed by atoms with E-state index in [1.165, 1.54) is 0 Å². The molecule has 0 spiro atoms. The number of anilines is 1. The van der Waals surface area contributed by atoms with Crippen LogP contribution in [-0.2, 0) is 11.3 Å². The summed E-state index contributed by atoms with van der Waals surface area (Å²) in [4.78, 5) is 10.6. The number of nitrogens with zero attached hydrogens (tertiary/aromatic N) is 3. The molecule has 174 valence electrons. The van der Waals surface area contributed by atoms with E-state index in [9.17, 15) is 8.78 Å². The topological polar surface area (TPSA) is 80.2 Å². The largest absolute Gasteiger partial charge is 0.475 e. The van der Waals surface area contributed by atoms with Gasteiger partial charge in [-0.2, -0.15) is 8.78 Å². The summed E-state index contributed by atoms with van der Waals surface area (Å²) in [6.07, 6.45) is 2.52. The fourth-order valence-corrected chi connectivity index (χ4v) is 3.49. The van der Waals surface area contributed by atoms with Gasteiger partial charge in [-0.3, -0.25) is 4.99 Å². The molecule has 1 aromatic heterocycles. The monoisotopic (exact) mass is 449 g/mol. The van der Waals surface area contributed by atoms with Crippen LogP contribution in [0.1, 0.15) is 12.0 Å². The summed E-state index contributed by atoms with van der Waals surface area (Å²) in [5.74, 6) is 1.37. The van der Waals surface area contributed by atoms with Gasteiger partial charge in [0.15, 0.2) is 5.96 Å². The maximum Gasteiger partial charge on any atom is 0.387 e. The standard InChI is InChI=1S/C22H29F2N5O3/c1-25-22(27-14-16-6-5-10-26-20(16)31-13-12-30-2)28-17-9-11-29(15-17)18-7-3-4-8-19(18)32-21(23)24/h3-8,10,17,21H,9,11-15H2,1-2H3,(H2,25,27,28). The molecule has 10 heteroatoms. The van der Waals surface area contributed by atoms with Gasteiger partial charge in [0.2, 0.25) is 5.88 Å². The van der Waals surface area contributed by atoms with E-state index in [4.69, 9.17) is 9.47 Å². The van der Waals surface area contributed by atoms with Gasteiger partial charge in [-0.25, -0.2) is 4.98 Å². The maximum atomic E-state index is 12.7. The molecule has 1 saturated heterocycles. The molecule has 1 unspecified atom stereocenters. The van der Waals surface area contributed by atoms with Crippen molar-refractivity contribution in [3.8, 4) is 11.6 Å². The molecule has 0 bridgehead atoms. The summed E-state index contributed by atoms with van der Waals surface area (Å²) in [6, 6.07) is 10.7. The quantitative estimate of drug-likeness (QED) is 0.328. The van der Waals surface area contributed by atoms with Gasteiger partial charge in [-0.15, -0.1) is 0 Å². The van der Waals surface area contributed by atoms with Crippen molar-refractivity contribution in [1.29, 1.82) is 0 Å². The van der Waals surface area contributed by atoms with Crippen molar-refractivity contribution < 1.29 is 23.0 Å². The van der Waals surface area contributed by atoms with Crippen LogP contribution >= 0.6 is 0 Å². The lowest BCUT2D eigenvalue weighted by Crippen LogP contribution is -2.44. The van der Waals surface area contributed by atoms with Crippen molar-refractivity contribution in [3.05, 3.63) is 48.2 Å². The molecule has 0 aliphatic carbocycles. The second-order valence-corrected chi connectivity index (χ2v) is 7.16. The van der Waals surface area contributed by atoms with Gasteiger partial charge in [0.25, 0.3) is 0 Å². The molecule has 2 N–H and O–H groups in total. The minimum atomic E-state index is -2.86. The van der Waals surface area contributed by atoms with Crippen LogP contribution in [0.3, 0.4) is 0 Å². The van der Waals surface area contributed by atoms with Crippen LogP contribution in [0.15, 0.2) is 47.6 Å². The molecule has 2 heterocycles. The van der Waals surface area contributed by atoms with Gasteiger partial charge in [-0.1, -0.05) is 18.2 Å². The Kier molecular flexibility index (Phi) is 8.85. The van der Waals surface area contributed by atoms with E-state index in [1.807, 2.05) is 23.1 Å². The molecule has 1 aromatic carbocycles. The van der Waals surface area contributed by atoms with Crippen molar-refractivity contribution >= 4 is 11.6 Å². The van der Waals surface area contributed by atoms with E-state index in [-0.39, 0.29) is 11.8 Å².